The van der Waals surface area contributed by atoms with Gasteiger partial charge in [0.05, 0.1) is 0 Å². The molecule has 0 heterocycles. The Morgan fingerprint density at radius 2 is 2.20 bits per heavy atom. The zero-order valence-electron chi connectivity index (χ0n) is 6.52. The highest BCUT2D eigenvalue weighted by atomic mass is 13.8. The van der Waals surface area contributed by atoms with Crippen molar-refractivity contribution in [2.24, 2.45) is 0 Å². The Bertz CT molecular complexity index is 216. The third-order valence-electron chi connectivity index (χ3n) is 0.939. The lowest BCUT2D eigenvalue weighted by Gasteiger charge is -1.80. The molecule has 0 spiro atoms. The zero-order valence-corrected chi connectivity index (χ0v) is 6.52. The summed E-state index contributed by atoms with van der Waals surface area (Å²) >= 11 is 0. The van der Waals surface area contributed by atoms with Gasteiger partial charge in [0.2, 0.25) is 0 Å². The van der Waals surface area contributed by atoms with Crippen molar-refractivity contribution in [1.82, 2.24) is 0 Å². The lowest BCUT2D eigenvalue weighted by Crippen LogP contribution is -1.60. The van der Waals surface area contributed by atoms with Crippen LogP contribution >= 0.6 is 0 Å². The summed E-state index contributed by atoms with van der Waals surface area (Å²) in [4.78, 5) is 0. The van der Waals surface area contributed by atoms with Gasteiger partial charge in [0.25, 0.3) is 0 Å². The van der Waals surface area contributed by atoms with Crippen molar-refractivity contribution >= 4 is 0 Å². The molecule has 0 atom stereocenters. The van der Waals surface area contributed by atoms with E-state index in [4.69, 9.17) is 0 Å². The summed E-state index contributed by atoms with van der Waals surface area (Å²) < 4.78 is 0. The molecule has 0 radical (unpaired) electrons. The highest BCUT2D eigenvalue weighted by Gasteiger charge is 1.72. The molecule has 0 fully saturated rings. The van der Waals surface area contributed by atoms with Crippen LogP contribution in [0, 0.1) is 0 Å². The number of hydrogen-bond acceptors (Lipinski definition) is 0. The van der Waals surface area contributed by atoms with Gasteiger partial charge >= 0.3 is 0 Å². The van der Waals surface area contributed by atoms with Gasteiger partial charge in [-0.1, -0.05) is 12.7 Å². The lowest BCUT2D eigenvalue weighted by atomic mass is 10.3. The topological polar surface area (TPSA) is 0 Å². The van der Waals surface area contributed by atoms with Gasteiger partial charge in [-0.05, 0) is 37.6 Å². The first-order valence-corrected chi connectivity index (χ1v) is 3.21. The predicted molar refractivity (Wildman–Crippen MR) is 45.8 cm³/mol. The smallest absolute Gasteiger partial charge is 0.0177 e. The van der Waals surface area contributed by atoms with Crippen molar-refractivity contribution in [3.8, 4) is 0 Å². The van der Waals surface area contributed by atoms with Crippen LogP contribution in [0.25, 0.3) is 0 Å². The first-order valence-electron chi connectivity index (χ1n) is 3.21. The minimum absolute atomic E-state index is 1.13. The monoisotopic (exact) mass is 132 g/mol. The fourth-order valence-electron chi connectivity index (χ4n) is 0.485. The van der Waals surface area contributed by atoms with Crippen LogP contribution in [0.2, 0.25) is 0 Å². The molecule has 0 heteroatoms. The van der Waals surface area contributed by atoms with E-state index in [0.717, 1.165) is 5.57 Å². The summed E-state index contributed by atoms with van der Waals surface area (Å²) in [5, 5.41) is 0. The van der Waals surface area contributed by atoms with E-state index in [2.05, 4.69) is 18.0 Å². The van der Waals surface area contributed by atoms with Crippen LogP contribution in [0.15, 0.2) is 47.9 Å². The Kier molecular flexibility index (Phi) is 5.19. The van der Waals surface area contributed by atoms with Crippen LogP contribution in [-0.2, 0) is 0 Å². The lowest BCUT2D eigenvalue weighted by molar-refractivity contribution is 1.53. The quantitative estimate of drug-likeness (QED) is 0.400. The van der Waals surface area contributed by atoms with Crippen LogP contribution in [0.3, 0.4) is 0 Å². The molecule has 0 N–H and O–H groups in total. The molecule has 52 valence electrons. The van der Waals surface area contributed by atoms with E-state index in [1.807, 2.05) is 38.2 Å². The molecular weight excluding hydrogens is 120 g/mol. The Hall–Kier alpha value is -1.22. The second-order valence-electron chi connectivity index (χ2n) is 1.88. The van der Waals surface area contributed by atoms with Crippen molar-refractivity contribution in [2.45, 2.75) is 13.8 Å². The molecule has 0 saturated heterocycles. The summed E-state index contributed by atoms with van der Waals surface area (Å²) in [6, 6.07) is 0. The fraction of sp³-hybridized carbons (Fsp3) is 0.200. The maximum atomic E-state index is 3.47. The van der Waals surface area contributed by atoms with Crippen LogP contribution in [0.4, 0.5) is 0 Å². The molecule has 0 unspecified atom stereocenters. The van der Waals surface area contributed by atoms with E-state index in [0.29, 0.717) is 0 Å². The minimum Gasteiger partial charge on any atom is -0.128 e. The normalized spacial score (nSPS) is 9.20. The van der Waals surface area contributed by atoms with Gasteiger partial charge in [0.15, 0.2) is 0 Å². The second kappa shape index (κ2) is 5.91. The standard InChI is InChI=1S/C10H12/c1-4-6-7-9-10(3)8-5-2/h4,7-9H,2H2,1,3H3. The number of allylic oxidation sites excluding steroid dienone is 4. The average molecular weight is 132 g/mol. The third-order valence-corrected chi connectivity index (χ3v) is 0.939. The van der Waals surface area contributed by atoms with E-state index in [1.165, 1.54) is 0 Å². The molecule has 10 heavy (non-hydrogen) atoms. The van der Waals surface area contributed by atoms with E-state index in [-0.39, 0.29) is 0 Å². The summed E-state index contributed by atoms with van der Waals surface area (Å²) in [6.45, 7) is 7.39. The SMILES string of the molecule is C=C=CC(C)=CC=C=CC. The highest BCUT2D eigenvalue weighted by Crippen LogP contribution is 1.92. The van der Waals surface area contributed by atoms with E-state index in [1.54, 1.807) is 0 Å². The van der Waals surface area contributed by atoms with Gasteiger partial charge < -0.3 is 0 Å². The van der Waals surface area contributed by atoms with Gasteiger partial charge in [0.1, 0.15) is 0 Å². The van der Waals surface area contributed by atoms with Gasteiger partial charge in [-0.2, -0.15) is 0 Å². The summed E-state index contributed by atoms with van der Waals surface area (Å²) in [6.07, 6.45) is 7.51. The van der Waals surface area contributed by atoms with Crippen LogP contribution < -0.4 is 0 Å². The molecule has 0 nitrogen and oxygen atoms in total. The van der Waals surface area contributed by atoms with Crippen molar-refractivity contribution in [3.63, 3.8) is 0 Å². The molecule has 0 aromatic rings. The van der Waals surface area contributed by atoms with E-state index < -0.39 is 0 Å². The Morgan fingerprint density at radius 1 is 1.50 bits per heavy atom. The maximum absolute atomic E-state index is 3.47. The predicted octanol–water partition coefficient (Wildman–Crippen LogP) is 3.01. The van der Waals surface area contributed by atoms with Crippen LogP contribution in [0.1, 0.15) is 13.8 Å². The maximum Gasteiger partial charge on any atom is -0.0177 e. The average Bonchev–Trinajstić information content (AvgIpc) is 1.89. The molecule has 0 aliphatic rings. The summed E-state index contributed by atoms with van der Waals surface area (Å²) in [5.74, 6) is 0. The molecule has 0 bridgehead atoms. The van der Waals surface area contributed by atoms with Gasteiger partial charge in [0, 0.05) is 0 Å². The van der Waals surface area contributed by atoms with E-state index in [9.17, 15) is 0 Å². The van der Waals surface area contributed by atoms with Crippen LogP contribution in [-0.4, -0.2) is 0 Å². The highest BCUT2D eigenvalue weighted by molar-refractivity contribution is 5.20. The van der Waals surface area contributed by atoms with Crippen molar-refractivity contribution in [2.75, 3.05) is 0 Å². The Balaban J connectivity index is 4.18. The Labute approximate surface area is 62.6 Å². The zero-order chi connectivity index (χ0) is 7.82. The van der Waals surface area contributed by atoms with Crippen molar-refractivity contribution in [1.29, 1.82) is 0 Å². The summed E-state index contributed by atoms with van der Waals surface area (Å²) in [5.41, 5.74) is 6.77. The largest absolute Gasteiger partial charge is 0.128 e. The molecule has 0 aromatic carbocycles. The molecule has 0 rings (SSSR count). The van der Waals surface area contributed by atoms with Gasteiger partial charge in [-0.3, -0.25) is 0 Å². The molecule has 0 aromatic heterocycles. The van der Waals surface area contributed by atoms with Crippen molar-refractivity contribution in [3.05, 3.63) is 47.9 Å². The van der Waals surface area contributed by atoms with E-state index >= 15 is 0 Å². The molecule has 0 saturated carbocycles. The first-order chi connectivity index (χ1) is 4.81. The van der Waals surface area contributed by atoms with Gasteiger partial charge in [-0.25, -0.2) is 0 Å². The fourth-order valence-corrected chi connectivity index (χ4v) is 0.485. The molecule has 0 amide bonds. The molecular formula is C10H12. The van der Waals surface area contributed by atoms with Crippen molar-refractivity contribution < 1.29 is 0 Å². The first kappa shape index (κ1) is 8.78. The minimum atomic E-state index is 1.13. The van der Waals surface area contributed by atoms with Gasteiger partial charge in [-0.15, -0.1) is 11.5 Å². The third kappa shape index (κ3) is 4.93. The molecule has 0 aliphatic carbocycles. The number of rotatable bonds is 2. The molecule has 0 aliphatic heterocycles. The number of hydrogen-bond donors (Lipinski definition) is 0. The Morgan fingerprint density at radius 3 is 2.70 bits per heavy atom. The second-order valence-corrected chi connectivity index (χ2v) is 1.88. The summed E-state index contributed by atoms with van der Waals surface area (Å²) in [7, 11) is 0. The van der Waals surface area contributed by atoms with Crippen LogP contribution in [0.5, 0.6) is 0 Å².